The molecule has 0 atom stereocenters. The summed E-state index contributed by atoms with van der Waals surface area (Å²) in [6, 6.07) is 0. The van der Waals surface area contributed by atoms with Crippen LogP contribution in [-0.2, 0) is 0 Å². The number of hydrogen-bond donors (Lipinski definition) is 0. The van der Waals surface area contributed by atoms with E-state index >= 15 is 0 Å². The van der Waals surface area contributed by atoms with E-state index in [9.17, 15) is 0 Å². The molecule has 0 nitrogen and oxygen atoms in total. The standard InChI is InChI=1S/C8H14S/c1-2-7-3-5-8(9)6-4-7/h7H,2-6H2,1H3. The molecule has 0 heterocycles. The van der Waals surface area contributed by atoms with Gasteiger partial charge in [0, 0.05) is 0 Å². The van der Waals surface area contributed by atoms with Crippen LogP contribution in [0.5, 0.6) is 0 Å². The Labute approximate surface area is 62.6 Å². The van der Waals surface area contributed by atoms with Crippen LogP contribution in [-0.4, -0.2) is 4.86 Å². The highest BCUT2D eigenvalue weighted by atomic mass is 32.1. The molecule has 1 saturated carbocycles. The molecule has 0 bridgehead atoms. The van der Waals surface area contributed by atoms with E-state index < -0.39 is 0 Å². The van der Waals surface area contributed by atoms with E-state index in [0.717, 1.165) is 5.92 Å². The number of rotatable bonds is 1. The number of hydrogen-bond acceptors (Lipinski definition) is 1. The van der Waals surface area contributed by atoms with Crippen LogP contribution >= 0.6 is 12.2 Å². The molecule has 0 aliphatic heterocycles. The lowest BCUT2D eigenvalue weighted by molar-refractivity contribution is 0.432. The van der Waals surface area contributed by atoms with Crippen molar-refractivity contribution in [2.45, 2.75) is 39.0 Å². The lowest BCUT2D eigenvalue weighted by Gasteiger charge is -2.20. The third-order valence-electron chi connectivity index (χ3n) is 2.24. The molecular weight excluding hydrogens is 128 g/mol. The Bertz CT molecular complexity index is 97.1. The molecule has 0 spiro atoms. The molecule has 1 aliphatic carbocycles. The maximum atomic E-state index is 5.11. The van der Waals surface area contributed by atoms with Crippen LogP contribution in [0.2, 0.25) is 0 Å². The predicted molar refractivity (Wildman–Crippen MR) is 44.8 cm³/mol. The van der Waals surface area contributed by atoms with E-state index in [1.807, 2.05) is 0 Å². The predicted octanol–water partition coefficient (Wildman–Crippen LogP) is 2.96. The molecule has 0 saturated heterocycles. The monoisotopic (exact) mass is 142 g/mol. The fourth-order valence-electron chi connectivity index (χ4n) is 1.41. The molecule has 1 fully saturated rings. The Morgan fingerprint density at radius 2 is 2.00 bits per heavy atom. The van der Waals surface area contributed by atoms with Crippen molar-refractivity contribution in [3.8, 4) is 0 Å². The van der Waals surface area contributed by atoms with Gasteiger partial charge in [-0.25, -0.2) is 0 Å². The summed E-state index contributed by atoms with van der Waals surface area (Å²) < 4.78 is 0. The van der Waals surface area contributed by atoms with Crippen molar-refractivity contribution >= 4 is 17.1 Å². The second-order valence-corrected chi connectivity index (χ2v) is 3.47. The summed E-state index contributed by atoms with van der Waals surface area (Å²) in [5, 5.41) is 0. The summed E-state index contributed by atoms with van der Waals surface area (Å²) >= 11 is 5.11. The zero-order chi connectivity index (χ0) is 6.69. The van der Waals surface area contributed by atoms with Gasteiger partial charge < -0.3 is 0 Å². The minimum absolute atomic E-state index is 0.983. The van der Waals surface area contributed by atoms with E-state index in [4.69, 9.17) is 12.2 Å². The van der Waals surface area contributed by atoms with E-state index in [2.05, 4.69) is 6.92 Å². The lowest BCUT2D eigenvalue weighted by atomic mass is 9.87. The summed E-state index contributed by atoms with van der Waals surface area (Å²) in [4.78, 5) is 1.31. The first kappa shape index (κ1) is 7.20. The first-order chi connectivity index (χ1) is 4.33. The van der Waals surface area contributed by atoms with Gasteiger partial charge in [0.15, 0.2) is 0 Å². The van der Waals surface area contributed by atoms with Gasteiger partial charge in [0.1, 0.15) is 0 Å². The Morgan fingerprint density at radius 3 is 2.44 bits per heavy atom. The molecule has 0 aromatic carbocycles. The van der Waals surface area contributed by atoms with Crippen molar-refractivity contribution < 1.29 is 0 Å². The smallest absolute Gasteiger partial charge is 0.00713 e. The maximum Gasteiger partial charge on any atom is -0.00713 e. The second-order valence-electron chi connectivity index (χ2n) is 2.89. The van der Waals surface area contributed by atoms with Crippen molar-refractivity contribution in [2.75, 3.05) is 0 Å². The highest BCUT2D eigenvalue weighted by molar-refractivity contribution is 7.80. The molecule has 0 amide bonds. The summed E-state index contributed by atoms with van der Waals surface area (Å²) in [6.45, 7) is 2.28. The second kappa shape index (κ2) is 3.31. The van der Waals surface area contributed by atoms with Crippen LogP contribution in [0, 0.1) is 5.92 Å². The molecule has 0 aromatic heterocycles. The molecule has 1 aliphatic rings. The molecule has 1 heteroatoms. The molecule has 52 valence electrons. The fraction of sp³-hybridized carbons (Fsp3) is 0.875. The Kier molecular flexibility index (Phi) is 2.65. The van der Waals surface area contributed by atoms with Gasteiger partial charge in [-0.1, -0.05) is 25.6 Å². The van der Waals surface area contributed by atoms with Gasteiger partial charge in [-0.05, 0) is 36.5 Å². The Hall–Kier alpha value is 0.0900. The third kappa shape index (κ3) is 2.05. The van der Waals surface area contributed by atoms with Gasteiger partial charge in [0.2, 0.25) is 0 Å². The molecular formula is C8H14S. The van der Waals surface area contributed by atoms with Crippen molar-refractivity contribution in [1.29, 1.82) is 0 Å². The van der Waals surface area contributed by atoms with Crippen molar-refractivity contribution in [2.24, 2.45) is 5.92 Å². The molecule has 9 heavy (non-hydrogen) atoms. The van der Waals surface area contributed by atoms with E-state index in [-0.39, 0.29) is 0 Å². The van der Waals surface area contributed by atoms with Crippen LogP contribution in [0.15, 0.2) is 0 Å². The van der Waals surface area contributed by atoms with Gasteiger partial charge in [-0.3, -0.25) is 0 Å². The van der Waals surface area contributed by atoms with Crippen molar-refractivity contribution in [3.63, 3.8) is 0 Å². The zero-order valence-electron chi connectivity index (χ0n) is 6.02. The Balaban J connectivity index is 2.26. The van der Waals surface area contributed by atoms with Gasteiger partial charge in [0.25, 0.3) is 0 Å². The van der Waals surface area contributed by atoms with Crippen LogP contribution in [0.1, 0.15) is 39.0 Å². The average Bonchev–Trinajstić information content (AvgIpc) is 1.90. The van der Waals surface area contributed by atoms with Crippen molar-refractivity contribution in [1.82, 2.24) is 0 Å². The fourth-order valence-corrected chi connectivity index (χ4v) is 1.64. The number of thiocarbonyl (C=S) groups is 1. The highest BCUT2D eigenvalue weighted by Gasteiger charge is 2.13. The molecule has 1 rings (SSSR count). The molecule has 0 aromatic rings. The first-order valence-corrected chi connectivity index (χ1v) is 4.25. The van der Waals surface area contributed by atoms with Gasteiger partial charge in [0.05, 0.1) is 0 Å². The van der Waals surface area contributed by atoms with Crippen molar-refractivity contribution in [3.05, 3.63) is 0 Å². The third-order valence-corrected chi connectivity index (χ3v) is 2.65. The van der Waals surface area contributed by atoms with Gasteiger partial charge >= 0.3 is 0 Å². The minimum atomic E-state index is 0.983. The van der Waals surface area contributed by atoms with Crippen LogP contribution in [0.3, 0.4) is 0 Å². The molecule has 0 unspecified atom stereocenters. The minimum Gasteiger partial charge on any atom is -0.0897 e. The summed E-state index contributed by atoms with van der Waals surface area (Å²) in [7, 11) is 0. The van der Waals surface area contributed by atoms with E-state index in [0.29, 0.717) is 0 Å². The maximum absolute atomic E-state index is 5.11. The quantitative estimate of drug-likeness (QED) is 0.507. The van der Waals surface area contributed by atoms with Crippen LogP contribution < -0.4 is 0 Å². The molecule has 0 N–H and O–H groups in total. The van der Waals surface area contributed by atoms with Crippen LogP contribution in [0.4, 0.5) is 0 Å². The SMILES string of the molecule is CCC1CCC(=S)CC1. The van der Waals surface area contributed by atoms with E-state index in [1.165, 1.54) is 37.0 Å². The lowest BCUT2D eigenvalue weighted by Crippen LogP contribution is -2.11. The van der Waals surface area contributed by atoms with E-state index in [1.54, 1.807) is 0 Å². The highest BCUT2D eigenvalue weighted by Crippen LogP contribution is 2.24. The van der Waals surface area contributed by atoms with Gasteiger partial charge in [-0.2, -0.15) is 0 Å². The topological polar surface area (TPSA) is 0 Å². The summed E-state index contributed by atoms with van der Waals surface area (Å²) in [5.74, 6) is 0.983. The largest absolute Gasteiger partial charge is 0.0897 e. The summed E-state index contributed by atoms with van der Waals surface area (Å²) in [6.07, 6.45) is 6.49. The van der Waals surface area contributed by atoms with Crippen LogP contribution in [0.25, 0.3) is 0 Å². The zero-order valence-corrected chi connectivity index (χ0v) is 6.84. The molecule has 0 radical (unpaired) electrons. The van der Waals surface area contributed by atoms with Gasteiger partial charge in [-0.15, -0.1) is 0 Å². The normalized spacial score (nSPS) is 22.6. The first-order valence-electron chi connectivity index (χ1n) is 3.84. The Morgan fingerprint density at radius 1 is 1.44 bits per heavy atom. The average molecular weight is 142 g/mol. The summed E-state index contributed by atoms with van der Waals surface area (Å²) in [5.41, 5.74) is 0.